The van der Waals surface area contributed by atoms with Crippen molar-refractivity contribution in [3.63, 3.8) is 0 Å². The molecule has 0 heterocycles. The van der Waals surface area contributed by atoms with Crippen LogP contribution in [0.4, 0.5) is 0 Å². The minimum atomic E-state index is -0.628. The van der Waals surface area contributed by atoms with Crippen LogP contribution in [-0.2, 0) is 6.42 Å². The highest BCUT2D eigenvalue weighted by molar-refractivity contribution is 5.43. The fraction of sp³-hybridized carbons (Fsp3) is 0.400. The summed E-state index contributed by atoms with van der Waals surface area (Å²) in [5, 5.41) is 22.4. The second-order valence-corrected chi connectivity index (χ2v) is 6.31. The molecular formula is C20H28ClNO4. The molecule has 0 bridgehead atoms. The van der Waals surface area contributed by atoms with Crippen LogP contribution in [-0.4, -0.2) is 37.0 Å². The van der Waals surface area contributed by atoms with E-state index in [1.807, 2.05) is 44.2 Å². The number of phenolic OH excluding ortho intramolecular Hbond substituents is 1. The van der Waals surface area contributed by atoms with E-state index in [0.717, 1.165) is 41.2 Å². The Labute approximate surface area is 161 Å². The summed E-state index contributed by atoms with van der Waals surface area (Å²) in [6.07, 6.45) is 0.230. The molecule has 0 amide bonds. The number of hydrogen-bond acceptors (Lipinski definition) is 4. The first-order chi connectivity index (χ1) is 12.0. The van der Waals surface area contributed by atoms with Gasteiger partial charge >= 0.3 is 0 Å². The number of methoxy groups -OCH3 is 2. The predicted molar refractivity (Wildman–Crippen MR) is 97.3 cm³/mol. The lowest BCUT2D eigenvalue weighted by Crippen LogP contribution is -3.00. The van der Waals surface area contributed by atoms with Gasteiger partial charge in [-0.05, 0) is 48.7 Å². The van der Waals surface area contributed by atoms with Crippen molar-refractivity contribution in [2.24, 2.45) is 0 Å². The van der Waals surface area contributed by atoms with Gasteiger partial charge in [-0.3, -0.25) is 0 Å². The monoisotopic (exact) mass is 381 g/mol. The minimum Gasteiger partial charge on any atom is -1.00 e. The molecule has 0 fully saturated rings. The van der Waals surface area contributed by atoms with Gasteiger partial charge in [-0.1, -0.05) is 18.2 Å². The Morgan fingerprint density at radius 2 is 1.73 bits per heavy atom. The molecule has 144 valence electrons. The highest BCUT2D eigenvalue weighted by Crippen LogP contribution is 2.27. The number of nitrogens with two attached hydrogens (primary N) is 1. The summed E-state index contributed by atoms with van der Waals surface area (Å²) >= 11 is 0. The van der Waals surface area contributed by atoms with E-state index in [1.165, 1.54) is 0 Å². The maximum absolute atomic E-state index is 10.5. The van der Waals surface area contributed by atoms with Crippen molar-refractivity contribution in [1.29, 1.82) is 0 Å². The van der Waals surface area contributed by atoms with Crippen molar-refractivity contribution in [2.75, 3.05) is 20.8 Å². The molecule has 0 saturated carbocycles. The first kappa shape index (κ1) is 22.1. The van der Waals surface area contributed by atoms with Crippen LogP contribution in [0.15, 0.2) is 36.4 Å². The fourth-order valence-corrected chi connectivity index (χ4v) is 2.79. The molecule has 2 atom stereocenters. The summed E-state index contributed by atoms with van der Waals surface area (Å²) in [6.45, 7) is 4.66. The lowest BCUT2D eigenvalue weighted by Gasteiger charge is -2.18. The fourth-order valence-electron chi connectivity index (χ4n) is 2.79. The van der Waals surface area contributed by atoms with Gasteiger partial charge in [-0.25, -0.2) is 0 Å². The summed E-state index contributed by atoms with van der Waals surface area (Å²) in [4.78, 5) is 0. The number of benzene rings is 2. The number of ether oxygens (including phenoxy) is 2. The van der Waals surface area contributed by atoms with Crippen LogP contribution >= 0.6 is 0 Å². The third-order valence-electron chi connectivity index (χ3n) is 4.49. The molecule has 2 aromatic carbocycles. The lowest BCUT2D eigenvalue weighted by molar-refractivity contribution is -0.694. The van der Waals surface area contributed by atoms with Crippen molar-refractivity contribution in [3.8, 4) is 17.2 Å². The molecule has 0 aliphatic heterocycles. The van der Waals surface area contributed by atoms with Crippen molar-refractivity contribution >= 4 is 0 Å². The van der Waals surface area contributed by atoms with Crippen LogP contribution in [0, 0.1) is 6.92 Å². The SMILES string of the molecule is COc1ccc(CC[NH2+]C(C)C(O)c2ccc(C)c(O)c2)cc1OC.[Cl-]. The average molecular weight is 382 g/mol. The minimum absolute atomic E-state index is 0. The van der Waals surface area contributed by atoms with E-state index in [0.29, 0.717) is 0 Å². The Hall–Kier alpha value is -1.95. The summed E-state index contributed by atoms with van der Waals surface area (Å²) in [5.74, 6) is 1.66. The number of aliphatic hydroxyl groups is 1. The Balaban J connectivity index is 0.00000338. The van der Waals surface area contributed by atoms with Crippen LogP contribution in [0.25, 0.3) is 0 Å². The van der Waals surface area contributed by atoms with Crippen molar-refractivity contribution < 1.29 is 37.4 Å². The Bertz CT molecular complexity index is 708. The molecule has 0 radical (unpaired) electrons. The number of rotatable bonds is 8. The van der Waals surface area contributed by atoms with E-state index < -0.39 is 6.10 Å². The maximum atomic E-state index is 10.5. The predicted octanol–water partition coefficient (Wildman–Crippen LogP) is -1.05. The first-order valence-electron chi connectivity index (χ1n) is 8.48. The number of aryl methyl sites for hydroxylation is 1. The van der Waals surface area contributed by atoms with E-state index in [1.54, 1.807) is 20.3 Å². The van der Waals surface area contributed by atoms with Crippen molar-refractivity contribution in [3.05, 3.63) is 53.1 Å². The van der Waals surface area contributed by atoms with Crippen molar-refractivity contribution in [1.82, 2.24) is 0 Å². The number of aliphatic hydroxyl groups excluding tert-OH is 1. The third-order valence-corrected chi connectivity index (χ3v) is 4.49. The quantitative estimate of drug-likeness (QED) is 0.545. The zero-order valence-electron chi connectivity index (χ0n) is 15.7. The summed E-state index contributed by atoms with van der Waals surface area (Å²) in [6, 6.07) is 11.2. The maximum Gasteiger partial charge on any atom is 0.160 e. The average Bonchev–Trinajstić information content (AvgIpc) is 2.63. The standard InChI is InChI=1S/C20H27NO4.ClH/c1-13-5-7-16(12-17(13)22)20(23)14(2)21-10-9-15-6-8-18(24-3)19(11-15)25-4;/h5-8,11-12,14,20-23H,9-10H2,1-4H3;1H. The van der Waals surface area contributed by atoms with Gasteiger partial charge in [0.25, 0.3) is 0 Å². The molecule has 6 heteroatoms. The normalized spacial score (nSPS) is 12.8. The molecule has 5 nitrogen and oxygen atoms in total. The van der Waals surface area contributed by atoms with Gasteiger partial charge < -0.3 is 37.4 Å². The summed E-state index contributed by atoms with van der Waals surface area (Å²) < 4.78 is 10.6. The number of quaternary nitrogens is 1. The molecule has 2 unspecified atom stereocenters. The number of halogens is 1. The molecule has 0 aliphatic carbocycles. The van der Waals surface area contributed by atoms with Gasteiger partial charge in [0.15, 0.2) is 11.5 Å². The zero-order chi connectivity index (χ0) is 18.4. The van der Waals surface area contributed by atoms with Gasteiger partial charge in [0.1, 0.15) is 17.9 Å². The number of aromatic hydroxyl groups is 1. The molecule has 0 saturated heterocycles. The second-order valence-electron chi connectivity index (χ2n) is 6.31. The Morgan fingerprint density at radius 1 is 1.04 bits per heavy atom. The van der Waals surface area contributed by atoms with Gasteiger partial charge in [0, 0.05) is 6.42 Å². The lowest BCUT2D eigenvalue weighted by atomic mass is 10.0. The largest absolute Gasteiger partial charge is 1.00 e. The molecule has 0 spiro atoms. The zero-order valence-corrected chi connectivity index (χ0v) is 16.5. The van der Waals surface area contributed by atoms with Crippen molar-refractivity contribution in [2.45, 2.75) is 32.4 Å². The van der Waals surface area contributed by atoms with Crippen LogP contribution in [0.5, 0.6) is 17.2 Å². The van der Waals surface area contributed by atoms with Crippen LogP contribution in [0.3, 0.4) is 0 Å². The molecule has 0 aliphatic rings. The summed E-state index contributed by atoms with van der Waals surface area (Å²) in [5.41, 5.74) is 2.70. The van der Waals surface area contributed by atoms with Crippen LogP contribution < -0.4 is 27.2 Å². The first-order valence-corrected chi connectivity index (χ1v) is 8.48. The molecule has 26 heavy (non-hydrogen) atoms. The third kappa shape index (κ3) is 5.53. The number of hydrogen-bond donors (Lipinski definition) is 3. The highest BCUT2D eigenvalue weighted by Gasteiger charge is 2.20. The van der Waals surface area contributed by atoms with Crippen LogP contribution in [0.1, 0.15) is 29.7 Å². The summed E-state index contributed by atoms with van der Waals surface area (Å²) in [7, 11) is 3.25. The van der Waals surface area contributed by atoms with Gasteiger partial charge in [0.05, 0.1) is 20.8 Å². The smallest absolute Gasteiger partial charge is 0.160 e. The molecule has 4 N–H and O–H groups in total. The van der Waals surface area contributed by atoms with Gasteiger partial charge in [-0.2, -0.15) is 0 Å². The molecule has 0 aromatic heterocycles. The van der Waals surface area contributed by atoms with Crippen LogP contribution in [0.2, 0.25) is 0 Å². The topological polar surface area (TPSA) is 75.5 Å². The van der Waals surface area contributed by atoms with E-state index in [4.69, 9.17) is 9.47 Å². The van der Waals surface area contributed by atoms with E-state index in [-0.39, 0.29) is 24.2 Å². The van der Waals surface area contributed by atoms with E-state index >= 15 is 0 Å². The van der Waals surface area contributed by atoms with Gasteiger partial charge in [-0.15, -0.1) is 0 Å². The number of phenols is 1. The molecular weight excluding hydrogens is 354 g/mol. The highest BCUT2D eigenvalue weighted by atomic mass is 35.5. The second kappa shape index (κ2) is 10.3. The Kier molecular flexibility index (Phi) is 8.72. The van der Waals surface area contributed by atoms with Gasteiger partial charge in [0.2, 0.25) is 0 Å². The van der Waals surface area contributed by atoms with E-state index in [9.17, 15) is 10.2 Å². The molecule has 2 rings (SSSR count). The molecule has 2 aromatic rings. The van der Waals surface area contributed by atoms with E-state index in [2.05, 4.69) is 5.32 Å². The Morgan fingerprint density at radius 3 is 2.35 bits per heavy atom.